The van der Waals surface area contributed by atoms with E-state index in [0.717, 1.165) is 44.9 Å². The number of aliphatic hydroxyl groups is 1. The molecule has 4 heterocycles. The highest BCUT2D eigenvalue weighted by Crippen LogP contribution is 2.65. The van der Waals surface area contributed by atoms with Gasteiger partial charge in [-0.25, -0.2) is 0 Å². The first-order valence-electron chi connectivity index (χ1n) is 13.9. The normalized spacial score (nSPS) is 38.3. The molecule has 1 N–H and O–H groups in total. The second-order valence-corrected chi connectivity index (χ2v) is 13.0. The van der Waals surface area contributed by atoms with Crippen molar-refractivity contribution in [3.05, 3.63) is 24.3 Å². The maximum atomic E-state index is 14.4. The summed E-state index contributed by atoms with van der Waals surface area (Å²) < 4.78 is 4.29. The Balaban J connectivity index is 1.58. The van der Waals surface area contributed by atoms with Crippen LogP contribution in [0.1, 0.15) is 71.1 Å². The fourth-order valence-electron chi connectivity index (χ4n) is 7.17. The van der Waals surface area contributed by atoms with E-state index in [4.69, 9.17) is 4.74 Å². The fourth-order valence-corrected chi connectivity index (χ4v) is 9.32. The highest BCUT2D eigenvalue weighted by molar-refractivity contribution is 8.02. The zero-order valence-electron chi connectivity index (χ0n) is 21.4. The monoisotopic (exact) mass is 516 g/mol. The molecule has 2 saturated heterocycles. The van der Waals surface area contributed by atoms with Crippen LogP contribution in [0.25, 0.3) is 0 Å². The van der Waals surface area contributed by atoms with Crippen molar-refractivity contribution in [2.45, 2.75) is 92.7 Å². The van der Waals surface area contributed by atoms with Crippen molar-refractivity contribution >= 4 is 29.5 Å². The lowest BCUT2D eigenvalue weighted by Gasteiger charge is -2.40. The molecule has 7 nitrogen and oxygen atoms in total. The van der Waals surface area contributed by atoms with Crippen LogP contribution in [0.5, 0.6) is 0 Å². The number of ether oxygens (including phenoxy) is 1. The number of esters is 1. The van der Waals surface area contributed by atoms with Gasteiger partial charge in [-0.15, -0.1) is 11.8 Å². The van der Waals surface area contributed by atoms with Gasteiger partial charge in [-0.2, -0.15) is 0 Å². The molecule has 0 radical (unpaired) electrons. The Morgan fingerprint density at radius 1 is 1.00 bits per heavy atom. The molecule has 2 amide bonds. The summed E-state index contributed by atoms with van der Waals surface area (Å²) in [5.74, 6) is -1.71. The van der Waals surface area contributed by atoms with Crippen molar-refractivity contribution in [3.8, 4) is 0 Å². The Morgan fingerprint density at radius 3 is 2.58 bits per heavy atom. The van der Waals surface area contributed by atoms with Gasteiger partial charge in [0.2, 0.25) is 11.8 Å². The summed E-state index contributed by atoms with van der Waals surface area (Å²) in [5, 5.41) is 9.38. The maximum Gasteiger partial charge on any atom is 0.311 e. The first-order chi connectivity index (χ1) is 17.4. The van der Waals surface area contributed by atoms with E-state index in [0.29, 0.717) is 32.5 Å². The summed E-state index contributed by atoms with van der Waals surface area (Å²) in [6.07, 6.45) is 17.8. The van der Waals surface area contributed by atoms with Crippen LogP contribution in [0.15, 0.2) is 24.3 Å². The summed E-state index contributed by atoms with van der Waals surface area (Å²) in [6, 6.07) is -0.443. The van der Waals surface area contributed by atoms with Gasteiger partial charge in [-0.1, -0.05) is 43.6 Å². The first-order valence-corrected chi connectivity index (χ1v) is 14.7. The Labute approximate surface area is 218 Å². The highest BCUT2D eigenvalue weighted by Gasteiger charge is 2.73. The van der Waals surface area contributed by atoms with Gasteiger partial charge in [0.15, 0.2) is 0 Å². The van der Waals surface area contributed by atoms with Gasteiger partial charge in [0.25, 0.3) is 0 Å². The third-order valence-corrected chi connectivity index (χ3v) is 10.7. The number of unbranched alkanes of at least 4 members (excludes halogenated alkanes) is 1. The SMILES string of the molecule is C[C@@]12/C=C\CCCCOC(=O)[C@@H]1[C@H]1C(=O)N(CCCCO)C3C(=O)N(C4CCCCC4)CC=C[C@@]31S2. The molecule has 1 aliphatic carbocycles. The van der Waals surface area contributed by atoms with E-state index in [1.807, 2.05) is 11.8 Å². The smallest absolute Gasteiger partial charge is 0.311 e. The number of carbonyl (C=O) groups excluding carboxylic acids is 3. The minimum Gasteiger partial charge on any atom is -0.465 e. The molecule has 1 unspecified atom stereocenters. The molecule has 0 aromatic rings. The molecule has 1 spiro atoms. The van der Waals surface area contributed by atoms with Crippen molar-refractivity contribution in [2.75, 3.05) is 26.3 Å². The predicted molar refractivity (Wildman–Crippen MR) is 139 cm³/mol. The van der Waals surface area contributed by atoms with Crippen molar-refractivity contribution in [1.82, 2.24) is 9.80 Å². The van der Waals surface area contributed by atoms with Crippen LogP contribution in [-0.2, 0) is 19.1 Å². The predicted octanol–water partition coefficient (Wildman–Crippen LogP) is 3.46. The molecule has 3 fully saturated rings. The lowest BCUT2D eigenvalue weighted by atomic mass is 9.74. The number of fused-ring (bicyclic) bond motifs is 2. The number of hydrogen-bond donors (Lipinski definition) is 1. The maximum absolute atomic E-state index is 14.4. The van der Waals surface area contributed by atoms with Gasteiger partial charge < -0.3 is 19.6 Å². The molecule has 1 saturated carbocycles. The van der Waals surface area contributed by atoms with Gasteiger partial charge in [0, 0.05) is 30.5 Å². The average Bonchev–Trinajstić information content (AvgIpc) is 3.19. The van der Waals surface area contributed by atoms with Gasteiger partial charge in [-0.05, 0) is 51.9 Å². The van der Waals surface area contributed by atoms with E-state index >= 15 is 0 Å². The van der Waals surface area contributed by atoms with Crippen LogP contribution in [0.4, 0.5) is 0 Å². The molecule has 5 atom stereocenters. The minimum absolute atomic E-state index is 0.0175. The summed E-state index contributed by atoms with van der Waals surface area (Å²) in [6.45, 7) is 3.42. The molecule has 36 heavy (non-hydrogen) atoms. The second-order valence-electron chi connectivity index (χ2n) is 11.2. The summed E-state index contributed by atoms with van der Waals surface area (Å²) in [4.78, 5) is 45.9. The van der Waals surface area contributed by atoms with Crippen LogP contribution >= 0.6 is 11.8 Å². The zero-order chi connectivity index (χ0) is 25.3. The molecule has 4 aliphatic heterocycles. The average molecular weight is 517 g/mol. The third-order valence-electron chi connectivity index (χ3n) is 8.85. The van der Waals surface area contributed by atoms with Crippen molar-refractivity contribution in [1.29, 1.82) is 0 Å². The Hall–Kier alpha value is -1.80. The van der Waals surface area contributed by atoms with Crippen molar-refractivity contribution in [2.24, 2.45) is 11.8 Å². The number of amides is 2. The Kier molecular flexibility index (Phi) is 7.55. The lowest BCUT2D eigenvalue weighted by molar-refractivity contribution is -0.154. The van der Waals surface area contributed by atoms with E-state index in [1.54, 1.807) is 16.7 Å². The van der Waals surface area contributed by atoms with Crippen molar-refractivity contribution < 1.29 is 24.2 Å². The van der Waals surface area contributed by atoms with Crippen LogP contribution in [0.3, 0.4) is 0 Å². The van der Waals surface area contributed by atoms with Crippen molar-refractivity contribution in [3.63, 3.8) is 0 Å². The fraction of sp³-hybridized carbons (Fsp3) is 0.750. The number of cyclic esters (lactones) is 1. The lowest BCUT2D eigenvalue weighted by Crippen LogP contribution is -2.55. The number of allylic oxidation sites excluding steroid dienone is 1. The summed E-state index contributed by atoms with van der Waals surface area (Å²) in [7, 11) is 0. The molecule has 0 aromatic carbocycles. The summed E-state index contributed by atoms with van der Waals surface area (Å²) >= 11 is 1.62. The molecule has 0 bridgehead atoms. The summed E-state index contributed by atoms with van der Waals surface area (Å²) in [5.41, 5.74) is 0. The van der Waals surface area contributed by atoms with E-state index in [9.17, 15) is 19.5 Å². The number of rotatable bonds is 5. The largest absolute Gasteiger partial charge is 0.465 e. The molecule has 0 aromatic heterocycles. The Bertz CT molecular complexity index is 931. The Morgan fingerprint density at radius 2 is 1.81 bits per heavy atom. The van der Waals surface area contributed by atoms with Crippen LogP contribution in [0.2, 0.25) is 0 Å². The standard InChI is InChI=1S/C28H40N2O5S/c1-27-14-7-2-3-10-19-35-26(34)22(27)21-24(32)30(16-8-9-18-31)23-25(33)29(20-12-5-4-6-13-20)17-11-15-28(21,23)36-27/h7,11,14-15,20-23,31H,2-6,8-10,12-13,16-19H2,1H3/b14-7-/t21-,22-,23?,27+,28-/m0/s1. The van der Waals surface area contributed by atoms with E-state index < -0.39 is 27.4 Å². The first kappa shape index (κ1) is 25.8. The molecule has 5 rings (SSSR count). The minimum atomic E-state index is -0.812. The molecular weight excluding hydrogens is 476 g/mol. The number of hydrogen-bond acceptors (Lipinski definition) is 6. The highest BCUT2D eigenvalue weighted by atomic mass is 32.2. The van der Waals surface area contributed by atoms with Gasteiger partial charge >= 0.3 is 5.97 Å². The van der Waals surface area contributed by atoms with Crippen LogP contribution in [0, 0.1) is 11.8 Å². The van der Waals surface area contributed by atoms with Crippen LogP contribution in [-0.4, -0.2) is 80.6 Å². The number of thioether (sulfide) groups is 1. The second kappa shape index (κ2) is 10.5. The number of carbonyl (C=O) groups is 3. The molecule has 198 valence electrons. The third kappa shape index (κ3) is 4.32. The van der Waals surface area contributed by atoms with Crippen LogP contribution < -0.4 is 0 Å². The van der Waals surface area contributed by atoms with Gasteiger partial charge in [0.1, 0.15) is 6.04 Å². The molecular formula is C28H40N2O5S. The van der Waals surface area contributed by atoms with E-state index in [-0.39, 0.29) is 30.4 Å². The quantitative estimate of drug-likeness (QED) is 0.342. The molecule has 8 heteroatoms. The molecule has 5 aliphatic rings. The number of nitrogens with zero attached hydrogens (tertiary/aromatic N) is 2. The van der Waals surface area contributed by atoms with Gasteiger partial charge in [0.05, 0.1) is 23.2 Å². The van der Waals surface area contributed by atoms with E-state index in [1.165, 1.54) is 6.42 Å². The number of aliphatic hydroxyl groups excluding tert-OH is 1. The number of likely N-dealkylation sites (tertiary alicyclic amines) is 1. The topological polar surface area (TPSA) is 87.1 Å². The zero-order valence-corrected chi connectivity index (χ0v) is 22.2. The van der Waals surface area contributed by atoms with Gasteiger partial charge in [-0.3, -0.25) is 14.4 Å². The van der Waals surface area contributed by atoms with E-state index in [2.05, 4.69) is 24.3 Å².